The van der Waals surface area contributed by atoms with Gasteiger partial charge in [-0.3, -0.25) is 0 Å². The molecule has 1 aliphatic heterocycles. The Bertz CT molecular complexity index is 576. The van der Waals surface area contributed by atoms with Crippen molar-refractivity contribution in [3.05, 3.63) is 18.2 Å². The maximum absolute atomic E-state index is 5.54. The van der Waals surface area contributed by atoms with Gasteiger partial charge in [-0.15, -0.1) is 0 Å². The van der Waals surface area contributed by atoms with Crippen molar-refractivity contribution >= 4 is 26.7 Å². The van der Waals surface area contributed by atoms with Crippen LogP contribution in [0.3, 0.4) is 0 Å². The van der Waals surface area contributed by atoms with Gasteiger partial charge in [-0.05, 0) is 58.1 Å². The van der Waals surface area contributed by atoms with E-state index in [2.05, 4.69) is 28.3 Å². The fourth-order valence-corrected chi connectivity index (χ4v) is 3.52. The summed E-state index contributed by atoms with van der Waals surface area (Å²) in [5.41, 5.74) is 1.05. The van der Waals surface area contributed by atoms with Gasteiger partial charge in [-0.25, -0.2) is 4.98 Å². The Morgan fingerprint density at radius 1 is 1.40 bits per heavy atom. The summed E-state index contributed by atoms with van der Waals surface area (Å²) in [4.78, 5) is 7.05. The lowest BCUT2D eigenvalue weighted by Gasteiger charge is -2.29. The highest BCUT2D eigenvalue weighted by molar-refractivity contribution is 7.22. The average molecular weight is 291 g/mol. The van der Waals surface area contributed by atoms with Crippen LogP contribution < -0.4 is 10.1 Å². The molecule has 1 fully saturated rings. The number of piperidine rings is 1. The highest BCUT2D eigenvalue weighted by atomic mass is 32.1. The molecular formula is C15H21N3OS. The number of nitrogens with zero attached hydrogens (tertiary/aromatic N) is 2. The van der Waals surface area contributed by atoms with Crippen molar-refractivity contribution in [1.82, 2.24) is 9.88 Å². The number of rotatable bonds is 4. The zero-order chi connectivity index (χ0) is 13.9. The molecule has 0 saturated carbocycles. The molecule has 1 N–H and O–H groups in total. The number of thiazole rings is 1. The topological polar surface area (TPSA) is 37.4 Å². The lowest BCUT2D eigenvalue weighted by Crippen LogP contribution is -2.36. The van der Waals surface area contributed by atoms with Gasteiger partial charge < -0.3 is 15.0 Å². The predicted molar refractivity (Wildman–Crippen MR) is 84.9 cm³/mol. The minimum absolute atomic E-state index is 0.554. The molecule has 1 saturated heterocycles. The second-order valence-electron chi connectivity index (χ2n) is 5.30. The van der Waals surface area contributed by atoms with E-state index in [1.54, 1.807) is 11.3 Å². The van der Waals surface area contributed by atoms with Crippen molar-refractivity contribution < 1.29 is 4.74 Å². The molecule has 1 aromatic heterocycles. The molecule has 1 aliphatic rings. The summed E-state index contributed by atoms with van der Waals surface area (Å²) in [5, 5.41) is 4.61. The van der Waals surface area contributed by atoms with Crippen LogP contribution in [0.5, 0.6) is 5.75 Å². The smallest absolute Gasteiger partial charge is 0.184 e. The molecule has 0 atom stereocenters. The molecule has 0 radical (unpaired) electrons. The second kappa shape index (κ2) is 5.97. The molecule has 2 heterocycles. The SMILES string of the molecule is CCOc1ccc2nc(NC3CCN(C)CC3)sc2c1. The van der Waals surface area contributed by atoms with Crippen LogP contribution in [-0.4, -0.2) is 42.7 Å². The molecule has 3 rings (SSSR count). The van der Waals surface area contributed by atoms with Gasteiger partial charge in [0, 0.05) is 6.04 Å². The molecule has 1 aromatic carbocycles. The lowest BCUT2D eigenvalue weighted by molar-refractivity contribution is 0.264. The Labute approximate surface area is 123 Å². The number of nitrogens with one attached hydrogen (secondary N) is 1. The number of fused-ring (bicyclic) bond motifs is 1. The van der Waals surface area contributed by atoms with Crippen molar-refractivity contribution in [1.29, 1.82) is 0 Å². The first-order valence-corrected chi connectivity index (χ1v) is 8.04. The molecule has 2 aromatic rings. The number of aromatic nitrogens is 1. The normalized spacial score (nSPS) is 17.5. The molecule has 4 nitrogen and oxygen atoms in total. The van der Waals surface area contributed by atoms with E-state index >= 15 is 0 Å². The third-order valence-electron chi connectivity index (χ3n) is 3.72. The van der Waals surface area contributed by atoms with Gasteiger partial charge in [0.05, 0.1) is 16.8 Å². The number of hydrogen-bond donors (Lipinski definition) is 1. The van der Waals surface area contributed by atoms with E-state index in [1.807, 2.05) is 19.1 Å². The highest BCUT2D eigenvalue weighted by Gasteiger charge is 2.17. The van der Waals surface area contributed by atoms with Gasteiger partial charge in [0.25, 0.3) is 0 Å². The Morgan fingerprint density at radius 3 is 2.95 bits per heavy atom. The van der Waals surface area contributed by atoms with Gasteiger partial charge in [-0.1, -0.05) is 11.3 Å². The summed E-state index contributed by atoms with van der Waals surface area (Å²) in [6, 6.07) is 6.66. The van der Waals surface area contributed by atoms with Gasteiger partial charge in [0.2, 0.25) is 0 Å². The second-order valence-corrected chi connectivity index (χ2v) is 6.33. The average Bonchev–Trinajstić information content (AvgIpc) is 2.83. The summed E-state index contributed by atoms with van der Waals surface area (Å²) in [7, 11) is 2.18. The summed E-state index contributed by atoms with van der Waals surface area (Å²) in [6.45, 7) is 5.03. The number of hydrogen-bond acceptors (Lipinski definition) is 5. The minimum atomic E-state index is 0.554. The van der Waals surface area contributed by atoms with Crippen LogP contribution in [0.4, 0.5) is 5.13 Å². The first-order valence-electron chi connectivity index (χ1n) is 7.23. The molecular weight excluding hydrogens is 270 g/mol. The first-order chi connectivity index (χ1) is 9.74. The number of ether oxygens (including phenoxy) is 1. The van der Waals surface area contributed by atoms with Crippen LogP contribution in [0.15, 0.2) is 18.2 Å². The molecule has 0 amide bonds. The maximum Gasteiger partial charge on any atom is 0.184 e. The molecule has 0 spiro atoms. The van der Waals surface area contributed by atoms with E-state index in [0.717, 1.165) is 29.5 Å². The van der Waals surface area contributed by atoms with Gasteiger partial charge in [0.1, 0.15) is 5.75 Å². The van der Waals surface area contributed by atoms with Crippen LogP contribution in [0.25, 0.3) is 10.2 Å². The molecule has 0 aliphatic carbocycles. The zero-order valence-electron chi connectivity index (χ0n) is 12.1. The number of likely N-dealkylation sites (tertiary alicyclic amines) is 1. The van der Waals surface area contributed by atoms with E-state index in [9.17, 15) is 0 Å². The quantitative estimate of drug-likeness (QED) is 0.938. The van der Waals surface area contributed by atoms with Crippen LogP contribution in [0, 0.1) is 0 Å². The van der Waals surface area contributed by atoms with E-state index in [-0.39, 0.29) is 0 Å². The monoisotopic (exact) mass is 291 g/mol. The first kappa shape index (κ1) is 13.6. The number of anilines is 1. The Morgan fingerprint density at radius 2 is 2.20 bits per heavy atom. The summed E-state index contributed by atoms with van der Waals surface area (Å²) in [5.74, 6) is 0.925. The maximum atomic E-state index is 5.54. The van der Waals surface area contributed by atoms with E-state index in [4.69, 9.17) is 4.74 Å². The van der Waals surface area contributed by atoms with Gasteiger partial charge in [-0.2, -0.15) is 0 Å². The van der Waals surface area contributed by atoms with E-state index < -0.39 is 0 Å². The van der Waals surface area contributed by atoms with Crippen LogP contribution in [0.2, 0.25) is 0 Å². The molecule has 108 valence electrons. The fourth-order valence-electron chi connectivity index (χ4n) is 2.55. The fraction of sp³-hybridized carbons (Fsp3) is 0.533. The Hall–Kier alpha value is -1.33. The summed E-state index contributed by atoms with van der Waals surface area (Å²) >= 11 is 1.72. The van der Waals surface area contributed by atoms with Crippen LogP contribution >= 0.6 is 11.3 Å². The molecule has 0 bridgehead atoms. The molecule has 5 heteroatoms. The van der Waals surface area contributed by atoms with Crippen molar-refractivity contribution in [3.63, 3.8) is 0 Å². The van der Waals surface area contributed by atoms with Gasteiger partial charge >= 0.3 is 0 Å². The Kier molecular flexibility index (Phi) is 4.08. The Balaban J connectivity index is 1.72. The third kappa shape index (κ3) is 3.04. The molecule has 20 heavy (non-hydrogen) atoms. The van der Waals surface area contributed by atoms with E-state index in [0.29, 0.717) is 12.6 Å². The summed E-state index contributed by atoms with van der Waals surface area (Å²) < 4.78 is 6.72. The van der Waals surface area contributed by atoms with Crippen molar-refractivity contribution in [2.45, 2.75) is 25.8 Å². The van der Waals surface area contributed by atoms with E-state index in [1.165, 1.54) is 17.5 Å². The highest BCUT2D eigenvalue weighted by Crippen LogP contribution is 2.30. The predicted octanol–water partition coefficient (Wildman–Crippen LogP) is 3.20. The van der Waals surface area contributed by atoms with Crippen molar-refractivity contribution in [2.75, 3.05) is 32.1 Å². The van der Waals surface area contributed by atoms with Crippen LogP contribution in [0.1, 0.15) is 19.8 Å². The minimum Gasteiger partial charge on any atom is -0.494 e. The number of benzene rings is 1. The van der Waals surface area contributed by atoms with Gasteiger partial charge in [0.15, 0.2) is 5.13 Å². The van der Waals surface area contributed by atoms with Crippen molar-refractivity contribution in [3.8, 4) is 5.75 Å². The molecule has 0 unspecified atom stereocenters. The lowest BCUT2D eigenvalue weighted by atomic mass is 10.1. The largest absolute Gasteiger partial charge is 0.494 e. The van der Waals surface area contributed by atoms with Crippen LogP contribution in [-0.2, 0) is 0 Å². The zero-order valence-corrected chi connectivity index (χ0v) is 12.9. The summed E-state index contributed by atoms with van der Waals surface area (Å²) in [6.07, 6.45) is 2.38. The van der Waals surface area contributed by atoms with Crippen molar-refractivity contribution in [2.24, 2.45) is 0 Å². The standard InChI is InChI=1S/C15H21N3OS/c1-3-19-12-4-5-13-14(10-12)20-15(17-13)16-11-6-8-18(2)9-7-11/h4-5,10-11H,3,6-9H2,1-2H3,(H,16,17). The third-order valence-corrected chi connectivity index (χ3v) is 4.67.